The van der Waals surface area contributed by atoms with Crippen LogP contribution in [0.2, 0.25) is 0 Å². The molecule has 0 unspecified atom stereocenters. The largest absolute Gasteiger partial charge is 0.300 e. The Kier molecular flexibility index (Phi) is 4.54. The Morgan fingerprint density at radius 3 is 2.39 bits per heavy atom. The van der Waals surface area contributed by atoms with Crippen molar-refractivity contribution in [1.29, 1.82) is 0 Å². The first kappa shape index (κ1) is 15.8. The van der Waals surface area contributed by atoms with Gasteiger partial charge in [0.2, 0.25) is 0 Å². The molecule has 0 aliphatic carbocycles. The van der Waals surface area contributed by atoms with Crippen molar-refractivity contribution in [2.24, 2.45) is 0 Å². The monoisotopic (exact) mass is 329 g/mol. The topological polar surface area (TPSA) is 53.5 Å². The Balaban J connectivity index is 1.51. The number of fused-ring (bicyclic) bond motifs is 1. The maximum atomic E-state index is 12.3. The van der Waals surface area contributed by atoms with Crippen LogP contribution in [0.5, 0.6) is 0 Å². The molecule has 1 aliphatic rings. The summed E-state index contributed by atoms with van der Waals surface area (Å²) in [5.74, 6) is -0.355. The molecule has 1 aromatic heterocycles. The van der Waals surface area contributed by atoms with E-state index < -0.39 is 0 Å². The maximum Gasteiger partial charge on any atom is 0.261 e. The van der Waals surface area contributed by atoms with Crippen LogP contribution in [0.15, 0.2) is 29.6 Å². The number of benzene rings is 1. The average molecular weight is 329 g/mol. The molecule has 2 aromatic rings. The molecule has 0 atom stereocenters. The van der Waals surface area contributed by atoms with Gasteiger partial charge >= 0.3 is 0 Å². The highest BCUT2D eigenvalue weighted by molar-refractivity contribution is 7.09. The van der Waals surface area contributed by atoms with Crippen LogP contribution in [0, 0.1) is 6.92 Å². The molecule has 0 N–H and O–H groups in total. The van der Waals surface area contributed by atoms with Gasteiger partial charge in [-0.3, -0.25) is 14.5 Å². The highest BCUT2D eigenvalue weighted by Crippen LogP contribution is 2.22. The van der Waals surface area contributed by atoms with Crippen molar-refractivity contribution >= 4 is 23.2 Å². The van der Waals surface area contributed by atoms with Crippen LogP contribution in [-0.4, -0.2) is 46.7 Å². The van der Waals surface area contributed by atoms with Crippen LogP contribution < -0.4 is 0 Å². The van der Waals surface area contributed by atoms with Crippen molar-refractivity contribution in [1.82, 2.24) is 14.8 Å². The minimum atomic E-state index is -0.177. The lowest BCUT2D eigenvalue weighted by Gasteiger charge is -2.18. The molecule has 0 fully saturated rings. The summed E-state index contributed by atoms with van der Waals surface area (Å²) in [5, 5.41) is 3.13. The van der Waals surface area contributed by atoms with E-state index in [9.17, 15) is 9.59 Å². The van der Waals surface area contributed by atoms with Crippen LogP contribution in [0.3, 0.4) is 0 Å². The Hall–Kier alpha value is -2.05. The Labute approximate surface area is 139 Å². The molecule has 23 heavy (non-hydrogen) atoms. The van der Waals surface area contributed by atoms with E-state index in [2.05, 4.69) is 15.3 Å². The number of rotatable bonds is 6. The first-order valence-corrected chi connectivity index (χ1v) is 8.49. The van der Waals surface area contributed by atoms with Crippen molar-refractivity contribution in [3.63, 3.8) is 0 Å². The standard InChI is InChI=1S/C17H19N3O2S/c1-12-18-13(11-23-12)10-19(2)8-5-9-20-16(21)14-6-3-4-7-15(14)17(20)22/h3-4,6-7,11H,5,8-10H2,1-2H3. The van der Waals surface area contributed by atoms with Crippen LogP contribution in [-0.2, 0) is 6.54 Å². The van der Waals surface area contributed by atoms with E-state index in [0.717, 1.165) is 30.2 Å². The van der Waals surface area contributed by atoms with Crippen molar-refractivity contribution in [3.05, 3.63) is 51.5 Å². The van der Waals surface area contributed by atoms with Crippen molar-refractivity contribution in [3.8, 4) is 0 Å². The van der Waals surface area contributed by atoms with Gasteiger partial charge in [0, 0.05) is 18.5 Å². The summed E-state index contributed by atoms with van der Waals surface area (Å²) in [4.78, 5) is 32.5. The van der Waals surface area contributed by atoms with Crippen molar-refractivity contribution < 1.29 is 9.59 Å². The maximum absolute atomic E-state index is 12.3. The van der Waals surface area contributed by atoms with Crippen LogP contribution in [0.1, 0.15) is 37.8 Å². The van der Waals surface area contributed by atoms with E-state index in [1.54, 1.807) is 35.6 Å². The number of nitrogens with zero attached hydrogens (tertiary/aromatic N) is 3. The number of imide groups is 1. The first-order chi connectivity index (χ1) is 11.1. The fraction of sp³-hybridized carbons (Fsp3) is 0.353. The molecule has 5 nitrogen and oxygen atoms in total. The van der Waals surface area contributed by atoms with E-state index in [1.165, 1.54) is 4.90 Å². The average Bonchev–Trinajstić information content (AvgIpc) is 3.04. The highest BCUT2D eigenvalue weighted by Gasteiger charge is 2.34. The molecule has 0 spiro atoms. The third-order valence-electron chi connectivity index (χ3n) is 3.90. The molecule has 0 radical (unpaired) electrons. The van der Waals surface area contributed by atoms with E-state index in [4.69, 9.17) is 0 Å². The summed E-state index contributed by atoms with van der Waals surface area (Å²) in [6.07, 6.45) is 0.755. The lowest BCUT2D eigenvalue weighted by Crippen LogP contribution is -2.32. The zero-order valence-corrected chi connectivity index (χ0v) is 14.1. The molecule has 2 heterocycles. The van der Waals surface area contributed by atoms with Crippen LogP contribution >= 0.6 is 11.3 Å². The molecule has 1 aliphatic heterocycles. The van der Waals surface area contributed by atoms with Gasteiger partial charge in [-0.1, -0.05) is 12.1 Å². The van der Waals surface area contributed by atoms with Crippen LogP contribution in [0.4, 0.5) is 0 Å². The number of hydrogen-bond donors (Lipinski definition) is 0. The second-order valence-electron chi connectivity index (χ2n) is 5.76. The molecule has 6 heteroatoms. The van der Waals surface area contributed by atoms with Gasteiger partial charge in [0.15, 0.2) is 0 Å². The van der Waals surface area contributed by atoms with E-state index in [-0.39, 0.29) is 11.8 Å². The number of aryl methyl sites for hydroxylation is 1. The molecular formula is C17H19N3O2S. The van der Waals surface area contributed by atoms with Gasteiger partial charge in [-0.25, -0.2) is 4.98 Å². The molecule has 0 saturated heterocycles. The van der Waals surface area contributed by atoms with Gasteiger partial charge in [0.1, 0.15) is 0 Å². The lowest BCUT2D eigenvalue weighted by atomic mass is 10.1. The highest BCUT2D eigenvalue weighted by atomic mass is 32.1. The number of carbonyl (C=O) groups is 2. The smallest absolute Gasteiger partial charge is 0.261 e. The van der Waals surface area contributed by atoms with E-state index >= 15 is 0 Å². The second kappa shape index (κ2) is 6.60. The normalized spacial score (nSPS) is 14.0. The van der Waals surface area contributed by atoms with Gasteiger partial charge in [0.25, 0.3) is 11.8 Å². The number of carbonyl (C=O) groups excluding carboxylic acids is 2. The predicted octanol–water partition coefficient (Wildman–Crippen LogP) is 2.57. The number of aromatic nitrogens is 1. The summed E-state index contributed by atoms with van der Waals surface area (Å²) < 4.78 is 0. The third kappa shape index (κ3) is 3.33. The second-order valence-corrected chi connectivity index (χ2v) is 6.82. The third-order valence-corrected chi connectivity index (χ3v) is 4.72. The Morgan fingerprint density at radius 1 is 1.17 bits per heavy atom. The molecule has 1 aromatic carbocycles. The lowest BCUT2D eigenvalue weighted by molar-refractivity contribution is 0.0648. The van der Waals surface area contributed by atoms with E-state index in [1.807, 2.05) is 14.0 Å². The van der Waals surface area contributed by atoms with Gasteiger partial charge in [-0.15, -0.1) is 11.3 Å². The van der Waals surface area contributed by atoms with Crippen LogP contribution in [0.25, 0.3) is 0 Å². The number of thiazole rings is 1. The minimum absolute atomic E-state index is 0.177. The fourth-order valence-electron chi connectivity index (χ4n) is 2.78. The predicted molar refractivity (Wildman–Crippen MR) is 89.6 cm³/mol. The van der Waals surface area contributed by atoms with Gasteiger partial charge in [-0.2, -0.15) is 0 Å². The van der Waals surface area contributed by atoms with Crippen molar-refractivity contribution in [2.75, 3.05) is 20.1 Å². The summed E-state index contributed by atoms with van der Waals surface area (Å²) in [5.41, 5.74) is 2.10. The SMILES string of the molecule is Cc1nc(CN(C)CCCN2C(=O)c3ccccc3C2=O)cs1. The van der Waals surface area contributed by atoms with Gasteiger partial charge < -0.3 is 4.90 Å². The molecule has 0 saturated carbocycles. The van der Waals surface area contributed by atoms with Gasteiger partial charge in [0.05, 0.1) is 21.8 Å². The quantitative estimate of drug-likeness (QED) is 0.764. The summed E-state index contributed by atoms with van der Waals surface area (Å²) >= 11 is 1.65. The molecule has 2 amide bonds. The molecular weight excluding hydrogens is 310 g/mol. The fourth-order valence-corrected chi connectivity index (χ4v) is 3.38. The summed E-state index contributed by atoms with van der Waals surface area (Å²) in [7, 11) is 2.02. The minimum Gasteiger partial charge on any atom is -0.300 e. The first-order valence-electron chi connectivity index (χ1n) is 7.61. The molecule has 3 rings (SSSR count). The zero-order chi connectivity index (χ0) is 16.4. The Bertz CT molecular complexity index is 706. The summed E-state index contributed by atoms with van der Waals surface area (Å²) in [6.45, 7) is 4.04. The van der Waals surface area contributed by atoms with E-state index in [0.29, 0.717) is 17.7 Å². The zero-order valence-electron chi connectivity index (χ0n) is 13.3. The van der Waals surface area contributed by atoms with Crippen molar-refractivity contribution in [2.45, 2.75) is 19.9 Å². The Morgan fingerprint density at radius 2 is 1.83 bits per heavy atom. The van der Waals surface area contributed by atoms with Gasteiger partial charge in [-0.05, 0) is 39.1 Å². The molecule has 120 valence electrons. The summed E-state index contributed by atoms with van der Waals surface area (Å²) in [6, 6.07) is 7.01. The molecule has 0 bridgehead atoms. The number of amides is 2. The number of hydrogen-bond acceptors (Lipinski definition) is 5.